The van der Waals surface area contributed by atoms with Crippen LogP contribution in [-0.2, 0) is 6.37 Å². The van der Waals surface area contributed by atoms with Gasteiger partial charge < -0.3 is 14.8 Å². The number of hydrogen-bond acceptors (Lipinski definition) is 3. The van der Waals surface area contributed by atoms with Crippen molar-refractivity contribution in [1.82, 2.24) is 0 Å². The molecule has 0 spiro atoms. The lowest BCUT2D eigenvalue weighted by atomic mass is 9.76. The fourth-order valence-corrected chi connectivity index (χ4v) is 0.932. The van der Waals surface area contributed by atoms with Gasteiger partial charge in [0.15, 0.2) is 0 Å². The lowest BCUT2D eigenvalue weighted by Gasteiger charge is -2.08. The second kappa shape index (κ2) is 4.30. The lowest BCUT2D eigenvalue weighted by Crippen LogP contribution is -2.32. The summed E-state index contributed by atoms with van der Waals surface area (Å²) in [6, 6.07) is 2.93. The molecule has 0 fully saturated rings. The number of ether oxygens (including phenoxy) is 1. The maximum absolute atomic E-state index is 9.21. The van der Waals surface area contributed by atoms with Crippen LogP contribution in [0.25, 0.3) is 0 Å². The van der Waals surface area contributed by atoms with E-state index in [1.54, 1.807) is 0 Å². The largest absolute Gasteiger partial charge is 0.497 e. The highest BCUT2D eigenvalue weighted by Gasteiger charge is 2.14. The third-order valence-corrected chi connectivity index (χ3v) is 1.56. The zero-order valence-electron chi connectivity index (χ0n) is 14.6. The van der Waals surface area contributed by atoms with Gasteiger partial charge in [0.1, 0.15) is 5.75 Å². The molecule has 0 aliphatic heterocycles. The standard InChI is InChI=1S/C9H13BO3/c1-3-7-6-8(13-2)4-5-9(7)10(11)12/h4-6,11-12H,3H2,1-2H3/i1D3,2D3,3D2. The van der Waals surface area contributed by atoms with Crippen LogP contribution in [0.3, 0.4) is 0 Å². The van der Waals surface area contributed by atoms with Gasteiger partial charge in [-0.3, -0.25) is 0 Å². The molecule has 0 bridgehead atoms. The van der Waals surface area contributed by atoms with Crippen molar-refractivity contribution in [1.29, 1.82) is 0 Å². The van der Waals surface area contributed by atoms with Gasteiger partial charge in [-0.2, -0.15) is 0 Å². The van der Waals surface area contributed by atoms with Crippen LogP contribution >= 0.6 is 0 Å². The summed E-state index contributed by atoms with van der Waals surface area (Å²) in [6.45, 7) is -3.09. The van der Waals surface area contributed by atoms with Crippen LogP contribution in [0, 0.1) is 0 Å². The van der Waals surface area contributed by atoms with E-state index in [2.05, 4.69) is 4.74 Å². The van der Waals surface area contributed by atoms with Crippen LogP contribution in [0.15, 0.2) is 18.2 Å². The normalized spacial score (nSPS) is 22.0. The van der Waals surface area contributed by atoms with Crippen molar-refractivity contribution in [2.45, 2.75) is 13.2 Å². The Balaban J connectivity index is 3.42. The Bertz CT molecular complexity index is 511. The maximum atomic E-state index is 9.21. The molecule has 0 atom stereocenters. The van der Waals surface area contributed by atoms with Crippen molar-refractivity contribution < 1.29 is 25.8 Å². The summed E-state index contributed by atoms with van der Waals surface area (Å²) in [5.74, 6) is -0.303. The molecule has 0 aromatic heterocycles. The van der Waals surface area contributed by atoms with Gasteiger partial charge in [0.2, 0.25) is 0 Å². The van der Waals surface area contributed by atoms with E-state index in [-0.39, 0.29) is 11.2 Å². The van der Waals surface area contributed by atoms with Crippen LogP contribution in [0.5, 0.6) is 5.75 Å². The SMILES string of the molecule is [2H]C([2H])([2H])Oc1ccc(B(O)O)c(C([2H])([2H])C([2H])([2H])[2H])c1. The van der Waals surface area contributed by atoms with Crippen LogP contribution in [0.4, 0.5) is 0 Å². The fourth-order valence-electron chi connectivity index (χ4n) is 0.932. The average molecular weight is 188 g/mol. The van der Waals surface area contributed by atoms with Gasteiger partial charge in [-0.25, -0.2) is 0 Å². The van der Waals surface area contributed by atoms with Gasteiger partial charge in [0, 0.05) is 6.85 Å². The molecule has 3 nitrogen and oxygen atoms in total. The summed E-state index contributed by atoms with van der Waals surface area (Å²) in [7, 11) is -4.91. The molecule has 1 aromatic carbocycles. The van der Waals surface area contributed by atoms with Crippen molar-refractivity contribution in [3.63, 3.8) is 0 Å². The fraction of sp³-hybridized carbons (Fsp3) is 0.333. The predicted octanol–water partition coefficient (Wildman–Crippen LogP) is -0.0626. The Morgan fingerprint density at radius 3 is 3.08 bits per heavy atom. The molecule has 1 rings (SSSR count). The number of aryl methyl sites for hydroxylation is 1. The van der Waals surface area contributed by atoms with Crippen molar-refractivity contribution in [3.05, 3.63) is 23.8 Å². The first-order valence-corrected chi connectivity index (χ1v) is 3.45. The molecule has 0 unspecified atom stereocenters. The quantitative estimate of drug-likeness (QED) is 0.653. The Labute approximate surface area is 89.4 Å². The van der Waals surface area contributed by atoms with E-state index in [1.165, 1.54) is 0 Å². The van der Waals surface area contributed by atoms with Gasteiger partial charge in [0.05, 0.1) is 11.2 Å². The molecular formula is C9H13BO3. The molecule has 0 saturated carbocycles. The smallest absolute Gasteiger partial charge is 0.488 e. The number of benzene rings is 1. The first-order valence-electron chi connectivity index (χ1n) is 7.45. The highest BCUT2D eigenvalue weighted by Crippen LogP contribution is 2.11. The summed E-state index contributed by atoms with van der Waals surface area (Å²) in [4.78, 5) is 0. The van der Waals surface area contributed by atoms with Crippen molar-refractivity contribution in [2.75, 3.05) is 7.04 Å². The van der Waals surface area contributed by atoms with Crippen molar-refractivity contribution in [3.8, 4) is 5.75 Å². The molecule has 0 aliphatic rings. The molecular weight excluding hydrogens is 167 g/mol. The van der Waals surface area contributed by atoms with E-state index < -0.39 is 32.9 Å². The van der Waals surface area contributed by atoms with E-state index in [0.29, 0.717) is 0 Å². The Morgan fingerprint density at radius 2 is 2.46 bits per heavy atom. The number of hydrogen-bond donors (Lipinski definition) is 2. The molecule has 0 saturated heterocycles. The Morgan fingerprint density at radius 1 is 1.62 bits per heavy atom. The topological polar surface area (TPSA) is 49.7 Å². The third-order valence-electron chi connectivity index (χ3n) is 1.56. The third kappa shape index (κ3) is 2.23. The average Bonchev–Trinajstić information content (AvgIpc) is 2.24. The van der Waals surface area contributed by atoms with Gasteiger partial charge in [-0.15, -0.1) is 0 Å². The summed E-state index contributed by atoms with van der Waals surface area (Å²) in [5.41, 5.74) is -0.951. The molecule has 13 heavy (non-hydrogen) atoms. The Hall–Kier alpha value is -0.995. The minimum absolute atomic E-state index is 0.303. The van der Waals surface area contributed by atoms with Gasteiger partial charge in [-0.05, 0) is 29.5 Å². The maximum Gasteiger partial charge on any atom is 0.488 e. The highest BCUT2D eigenvalue weighted by molar-refractivity contribution is 6.59. The predicted molar refractivity (Wildman–Crippen MR) is 52.2 cm³/mol. The van der Waals surface area contributed by atoms with Crippen LogP contribution < -0.4 is 10.2 Å². The lowest BCUT2D eigenvalue weighted by molar-refractivity contribution is 0.413. The zero-order chi connectivity index (χ0) is 16.6. The first kappa shape index (κ1) is 3.63. The molecule has 2 N–H and O–H groups in total. The monoisotopic (exact) mass is 188 g/mol. The summed E-state index contributed by atoms with van der Waals surface area (Å²) < 4.78 is 62.4. The van der Waals surface area contributed by atoms with Gasteiger partial charge >= 0.3 is 7.12 Å². The zero-order valence-corrected chi connectivity index (χ0v) is 6.61. The van der Waals surface area contributed by atoms with E-state index in [4.69, 9.17) is 11.0 Å². The molecule has 0 radical (unpaired) electrons. The van der Waals surface area contributed by atoms with Crippen molar-refractivity contribution >= 4 is 12.6 Å². The highest BCUT2D eigenvalue weighted by atomic mass is 16.5. The van der Waals surface area contributed by atoms with Gasteiger partial charge in [0.25, 0.3) is 0 Å². The van der Waals surface area contributed by atoms with Gasteiger partial charge in [-0.1, -0.05) is 12.9 Å². The van der Waals surface area contributed by atoms with Crippen molar-refractivity contribution in [2.24, 2.45) is 0 Å². The second-order valence-corrected chi connectivity index (χ2v) is 2.35. The number of rotatable bonds is 3. The molecule has 0 heterocycles. The molecule has 0 aliphatic carbocycles. The minimum Gasteiger partial charge on any atom is -0.497 e. The molecule has 1 aromatic rings. The molecule has 4 heteroatoms. The summed E-state index contributed by atoms with van der Waals surface area (Å²) in [6.07, 6.45) is -2.92. The van der Waals surface area contributed by atoms with Crippen LogP contribution in [-0.4, -0.2) is 24.2 Å². The number of methoxy groups -OCH3 is 1. The molecule has 0 amide bonds. The minimum atomic E-state index is -3.09. The van der Waals surface area contributed by atoms with E-state index in [1.807, 2.05) is 0 Å². The van der Waals surface area contributed by atoms with E-state index >= 15 is 0 Å². The second-order valence-electron chi connectivity index (χ2n) is 2.35. The first-order chi connectivity index (χ1) is 9.25. The molecule has 70 valence electrons. The summed E-state index contributed by atoms with van der Waals surface area (Å²) in [5, 5.41) is 18.4. The van der Waals surface area contributed by atoms with E-state index in [9.17, 15) is 10.0 Å². The summed E-state index contributed by atoms with van der Waals surface area (Å²) >= 11 is 0. The van der Waals surface area contributed by atoms with Crippen LogP contribution in [0.1, 0.15) is 23.4 Å². The Kier molecular flexibility index (Phi) is 1.20. The van der Waals surface area contributed by atoms with E-state index in [0.717, 1.165) is 18.2 Å². The van der Waals surface area contributed by atoms with Crippen LogP contribution in [0.2, 0.25) is 0 Å².